The van der Waals surface area contributed by atoms with E-state index in [4.69, 9.17) is 9.05 Å². The van der Waals surface area contributed by atoms with E-state index in [0.717, 1.165) is 11.1 Å². The van der Waals surface area contributed by atoms with Gasteiger partial charge in [-0.1, -0.05) is 107 Å². The van der Waals surface area contributed by atoms with Gasteiger partial charge in [0.25, 0.3) is 0 Å². The van der Waals surface area contributed by atoms with E-state index in [9.17, 15) is 29.1 Å². The van der Waals surface area contributed by atoms with Crippen molar-refractivity contribution < 1.29 is 54.7 Å². The smallest absolute Gasteiger partial charge is 0.332 e. The van der Waals surface area contributed by atoms with Gasteiger partial charge in [0.2, 0.25) is 0 Å². The Balaban J connectivity index is 0.000000842. The third kappa shape index (κ3) is 13.5. The minimum atomic E-state index is -3.68. The van der Waals surface area contributed by atoms with Gasteiger partial charge < -0.3 is 23.9 Å². The molecule has 0 aliphatic rings. The summed E-state index contributed by atoms with van der Waals surface area (Å²) in [5, 5.41) is 23.4. The van der Waals surface area contributed by atoms with Crippen LogP contribution >= 0.6 is 15.2 Å². The van der Waals surface area contributed by atoms with Gasteiger partial charge >= 0.3 is 15.2 Å². The van der Waals surface area contributed by atoms with E-state index in [-0.39, 0.29) is 75.2 Å². The molecule has 0 saturated carbocycles. The first kappa shape index (κ1) is 43.8. The summed E-state index contributed by atoms with van der Waals surface area (Å²) in [6.45, 7) is 27.7. The number of hydrogen-bond acceptors (Lipinski definition) is 5. The second kappa shape index (κ2) is 15.8. The Morgan fingerprint density at radius 3 is 1.04 bits per heavy atom. The number of aromatic hydroxyl groups is 1. The maximum Gasteiger partial charge on any atom is 0.332 e. The van der Waals surface area contributed by atoms with Crippen molar-refractivity contribution >= 4 is 15.2 Å². The fourth-order valence-corrected chi connectivity index (χ4v) is 7.06. The Hall–Kier alpha value is -1.17. The molecule has 0 aliphatic heterocycles. The third-order valence-corrected chi connectivity index (χ3v) is 9.83. The Labute approximate surface area is 282 Å². The fourth-order valence-electron chi connectivity index (χ4n) is 4.78. The van der Waals surface area contributed by atoms with Gasteiger partial charge in [0.15, 0.2) is 5.75 Å². The molecule has 0 aromatic heterocycles. The Morgan fingerprint density at radius 1 is 0.578 bits per heavy atom. The molecule has 0 heterocycles. The number of phenols is 1. The van der Waals surface area contributed by atoms with Crippen LogP contribution in [-0.4, -0.2) is 28.1 Å². The van der Waals surface area contributed by atoms with E-state index in [1.165, 1.54) is 0 Å². The van der Waals surface area contributed by atoms with Gasteiger partial charge in [0, 0.05) is 27.6 Å². The molecule has 2 rings (SSSR count). The summed E-state index contributed by atoms with van der Waals surface area (Å²) in [6.07, 6.45) is -0.124. The standard InChI is InChI=1S/C17H29O4P.C17H28O4P.Ni/c2*1-8-21-22(19,20)11-12-9-13(16(2,3)4)15(18)14(10-12)17(5,6)7;/h9-10,18H,8,11H2,1-7H3,(H,19,20);9-10H,8,11H2,1-7H3,(H,19,20);. The summed E-state index contributed by atoms with van der Waals surface area (Å²) in [4.78, 5) is 19.8. The van der Waals surface area contributed by atoms with E-state index < -0.39 is 15.2 Å². The number of phenolic OH excluding ortho intramolecular Hbond substituents is 1. The van der Waals surface area contributed by atoms with Gasteiger partial charge in [-0.05, 0) is 57.8 Å². The largest absolute Gasteiger partial charge is 0.507 e. The molecular formula is C34H57NiO8P2. The molecule has 0 aliphatic carbocycles. The van der Waals surface area contributed by atoms with Gasteiger partial charge in [-0.15, -0.1) is 0 Å². The Morgan fingerprint density at radius 2 is 0.822 bits per heavy atom. The van der Waals surface area contributed by atoms with E-state index in [2.05, 4.69) is 0 Å². The topological polar surface area (TPSA) is 133 Å². The summed E-state index contributed by atoms with van der Waals surface area (Å²) >= 11 is 0. The molecule has 261 valence electrons. The SMILES string of the molecule is CCOP(=O)(O)Cc1cc(C(C)(C)C)c(O)c(C(C)(C)C)c1.CCOP(=O)(O)Cc1cc(C(C)(C)C)c([O])c(C(C)(C)C)c1.[Ni]. The molecule has 2 unspecified atom stereocenters. The third-order valence-electron chi connectivity index (χ3n) is 6.98. The van der Waals surface area contributed by atoms with Crippen LogP contribution in [0, 0.1) is 0 Å². The maximum atomic E-state index is 12.7. The molecule has 0 bridgehead atoms. The summed E-state index contributed by atoms with van der Waals surface area (Å²) in [6, 6.07) is 7.12. The predicted octanol–water partition coefficient (Wildman–Crippen LogP) is 9.85. The molecule has 8 nitrogen and oxygen atoms in total. The average Bonchev–Trinajstić information content (AvgIpc) is 2.78. The van der Waals surface area contributed by atoms with Crippen molar-refractivity contribution in [3.8, 4) is 11.5 Å². The van der Waals surface area contributed by atoms with Crippen LogP contribution < -0.4 is 0 Å². The molecule has 1 radical (unpaired) electrons. The monoisotopic (exact) mass is 713 g/mol. The van der Waals surface area contributed by atoms with Crippen molar-refractivity contribution in [2.75, 3.05) is 13.2 Å². The molecule has 2 aromatic rings. The zero-order valence-electron chi connectivity index (χ0n) is 29.7. The van der Waals surface area contributed by atoms with Crippen LogP contribution in [-0.2, 0) is 73.8 Å². The van der Waals surface area contributed by atoms with Crippen LogP contribution in [0.5, 0.6) is 11.5 Å². The molecule has 0 amide bonds. The molecule has 2 atom stereocenters. The number of benzene rings is 2. The maximum absolute atomic E-state index is 12.7. The average molecular weight is 714 g/mol. The van der Waals surface area contributed by atoms with Crippen LogP contribution in [0.4, 0.5) is 0 Å². The Bertz CT molecular complexity index is 1200. The summed E-state index contributed by atoms with van der Waals surface area (Å²) < 4.78 is 34.0. The number of hydrogen-bond donors (Lipinski definition) is 3. The van der Waals surface area contributed by atoms with E-state index in [0.29, 0.717) is 22.3 Å². The van der Waals surface area contributed by atoms with Crippen molar-refractivity contribution in [3.63, 3.8) is 0 Å². The summed E-state index contributed by atoms with van der Waals surface area (Å²) in [5.41, 5.74) is 3.14. The van der Waals surface area contributed by atoms with Crippen molar-refractivity contribution in [3.05, 3.63) is 57.6 Å². The first-order valence-electron chi connectivity index (χ1n) is 15.2. The van der Waals surface area contributed by atoms with Gasteiger partial charge in [-0.2, -0.15) is 0 Å². The molecule has 2 aromatic carbocycles. The molecule has 0 spiro atoms. The van der Waals surface area contributed by atoms with Gasteiger partial charge in [-0.25, -0.2) is 0 Å². The molecule has 0 saturated heterocycles. The normalized spacial score (nSPS) is 15.3. The second-order valence-electron chi connectivity index (χ2n) is 15.5. The van der Waals surface area contributed by atoms with Gasteiger partial charge in [0.1, 0.15) is 5.75 Å². The van der Waals surface area contributed by atoms with Crippen molar-refractivity contribution in [2.24, 2.45) is 0 Å². The summed E-state index contributed by atoms with van der Waals surface area (Å²) in [7, 11) is -7.33. The zero-order chi connectivity index (χ0) is 34.7. The number of rotatable bonds is 8. The van der Waals surface area contributed by atoms with Crippen molar-refractivity contribution in [1.29, 1.82) is 0 Å². The molecule has 3 N–H and O–H groups in total. The van der Waals surface area contributed by atoms with Crippen LogP contribution in [0.25, 0.3) is 0 Å². The van der Waals surface area contributed by atoms with E-state index in [1.807, 2.05) is 95.2 Å². The van der Waals surface area contributed by atoms with E-state index in [1.54, 1.807) is 26.0 Å². The first-order chi connectivity index (χ1) is 19.6. The minimum absolute atomic E-state index is 0. The van der Waals surface area contributed by atoms with Gasteiger partial charge in [-0.3, -0.25) is 14.2 Å². The van der Waals surface area contributed by atoms with Crippen LogP contribution in [0.3, 0.4) is 0 Å². The molecule has 11 heteroatoms. The van der Waals surface area contributed by atoms with Crippen LogP contribution in [0.15, 0.2) is 24.3 Å². The van der Waals surface area contributed by atoms with Crippen LogP contribution in [0.1, 0.15) is 130 Å². The van der Waals surface area contributed by atoms with Crippen molar-refractivity contribution in [2.45, 2.75) is 131 Å². The molecule has 0 fully saturated rings. The first-order valence-corrected chi connectivity index (χ1v) is 18.7. The minimum Gasteiger partial charge on any atom is -0.507 e. The zero-order valence-corrected chi connectivity index (χ0v) is 32.5. The fraction of sp³-hybridized carbons (Fsp3) is 0.647. The van der Waals surface area contributed by atoms with Gasteiger partial charge in [0.05, 0.1) is 25.5 Å². The quantitative estimate of drug-likeness (QED) is 0.183. The summed E-state index contributed by atoms with van der Waals surface area (Å²) in [5.74, 6) is 0.292. The Kier molecular flexibility index (Phi) is 15.4. The van der Waals surface area contributed by atoms with Crippen LogP contribution in [0.2, 0.25) is 0 Å². The van der Waals surface area contributed by atoms with E-state index >= 15 is 0 Å². The molecule has 45 heavy (non-hydrogen) atoms. The van der Waals surface area contributed by atoms with Crippen molar-refractivity contribution in [1.82, 2.24) is 0 Å². The second-order valence-corrected chi connectivity index (χ2v) is 19.2. The predicted molar refractivity (Wildman–Crippen MR) is 180 cm³/mol. The molecular weight excluding hydrogens is 657 g/mol.